The van der Waals surface area contributed by atoms with E-state index in [0.29, 0.717) is 17.2 Å². The van der Waals surface area contributed by atoms with E-state index >= 15 is 0 Å². The fraction of sp³-hybridized carbons (Fsp3) is 0.200. The molecular formula is C25H24BrNO4S. The molecule has 0 atom stereocenters. The van der Waals surface area contributed by atoms with E-state index in [1.54, 1.807) is 13.0 Å². The van der Waals surface area contributed by atoms with Crippen molar-refractivity contribution >= 4 is 50.2 Å². The number of hydrogen-bond acceptors (Lipinski definition) is 5. The Labute approximate surface area is 200 Å². The molecular weight excluding hydrogens is 490 g/mol. The molecule has 0 saturated carbocycles. The van der Waals surface area contributed by atoms with Crippen molar-refractivity contribution < 1.29 is 19.1 Å². The Balaban J connectivity index is 1.84. The highest BCUT2D eigenvalue weighted by atomic mass is 79.9. The van der Waals surface area contributed by atoms with Crippen molar-refractivity contribution in [2.24, 2.45) is 0 Å². The lowest BCUT2D eigenvalue weighted by atomic mass is 10.0. The Bertz CT molecular complexity index is 1110. The minimum Gasteiger partial charge on any atom is -0.493 e. The molecule has 0 aliphatic heterocycles. The summed E-state index contributed by atoms with van der Waals surface area (Å²) in [5.41, 5.74) is 2.75. The molecule has 3 rings (SSSR count). The maximum absolute atomic E-state index is 12.7. The Morgan fingerprint density at radius 3 is 2.56 bits per heavy atom. The molecule has 1 N–H and O–H groups in total. The van der Waals surface area contributed by atoms with Crippen molar-refractivity contribution in [2.75, 3.05) is 18.5 Å². The number of carbonyl (C=O) groups is 2. The number of anilines is 1. The van der Waals surface area contributed by atoms with Crippen LogP contribution in [0.15, 0.2) is 64.5 Å². The summed E-state index contributed by atoms with van der Waals surface area (Å²) in [6.45, 7) is 4.64. The lowest BCUT2D eigenvalue weighted by Crippen LogP contribution is -2.12. The Hall–Kier alpha value is -2.90. The van der Waals surface area contributed by atoms with Gasteiger partial charge in [-0.3, -0.25) is 4.79 Å². The third-order valence-electron chi connectivity index (χ3n) is 4.46. The van der Waals surface area contributed by atoms with Crippen molar-refractivity contribution in [1.29, 1.82) is 0 Å². The van der Waals surface area contributed by atoms with E-state index in [4.69, 9.17) is 9.47 Å². The van der Waals surface area contributed by atoms with Crippen molar-refractivity contribution in [3.63, 3.8) is 0 Å². The fourth-order valence-corrected chi connectivity index (χ4v) is 4.20. The number of thiophene rings is 1. The second kappa shape index (κ2) is 11.6. The summed E-state index contributed by atoms with van der Waals surface area (Å²) in [6, 6.07) is 15.2. The molecule has 3 aromatic rings. The molecule has 1 amide bonds. The summed E-state index contributed by atoms with van der Waals surface area (Å²) in [7, 11) is 0. The average molecular weight is 514 g/mol. The minimum absolute atomic E-state index is 0.246. The van der Waals surface area contributed by atoms with Crippen molar-refractivity contribution in [3.8, 4) is 16.9 Å². The van der Waals surface area contributed by atoms with Gasteiger partial charge in [-0.25, -0.2) is 4.79 Å². The summed E-state index contributed by atoms with van der Waals surface area (Å²) in [5.74, 6) is -0.0893. The Morgan fingerprint density at radius 1 is 1.09 bits per heavy atom. The lowest BCUT2D eigenvalue weighted by Gasteiger charge is -2.09. The third kappa shape index (κ3) is 6.08. The number of rotatable bonds is 9. The molecule has 0 bridgehead atoms. The van der Waals surface area contributed by atoms with E-state index in [9.17, 15) is 9.59 Å². The maximum Gasteiger partial charge on any atom is 0.341 e. The second-order valence-corrected chi connectivity index (χ2v) is 8.59. The molecule has 7 heteroatoms. The molecule has 0 unspecified atom stereocenters. The van der Waals surface area contributed by atoms with Gasteiger partial charge in [-0.2, -0.15) is 0 Å². The predicted molar refractivity (Wildman–Crippen MR) is 133 cm³/mol. The molecule has 32 heavy (non-hydrogen) atoms. The number of benzene rings is 2. The standard InChI is InChI=1S/C25H24BrNO4S/c1-3-15-31-21-8-6-5-7-18(21)11-14-22(28)27-24-23(25(29)30-4-2)20(16-32-24)17-9-12-19(26)13-10-17/h5-14,16H,3-4,15H2,1-2H3,(H,27,28). The normalized spacial score (nSPS) is 10.8. The van der Waals surface area contributed by atoms with Gasteiger partial charge in [0.05, 0.1) is 13.2 Å². The number of halogens is 1. The average Bonchev–Trinajstić information content (AvgIpc) is 3.21. The number of nitrogens with one attached hydrogen (secondary N) is 1. The van der Waals surface area contributed by atoms with Crippen LogP contribution in [0.1, 0.15) is 36.2 Å². The van der Waals surface area contributed by atoms with Gasteiger partial charge in [-0.15, -0.1) is 11.3 Å². The van der Waals surface area contributed by atoms with E-state index in [0.717, 1.165) is 33.3 Å². The number of esters is 1. The fourth-order valence-electron chi connectivity index (χ4n) is 2.98. The Morgan fingerprint density at radius 2 is 1.84 bits per heavy atom. The van der Waals surface area contributed by atoms with Gasteiger partial charge in [-0.1, -0.05) is 53.2 Å². The first kappa shape index (κ1) is 23.8. The molecule has 2 aromatic carbocycles. The van der Waals surface area contributed by atoms with Crippen LogP contribution in [-0.4, -0.2) is 25.1 Å². The molecule has 0 radical (unpaired) electrons. The van der Waals surface area contributed by atoms with Crippen molar-refractivity contribution in [1.82, 2.24) is 0 Å². The van der Waals surface area contributed by atoms with E-state index in [2.05, 4.69) is 21.2 Å². The highest BCUT2D eigenvalue weighted by Crippen LogP contribution is 2.36. The maximum atomic E-state index is 12.7. The second-order valence-electron chi connectivity index (χ2n) is 6.79. The highest BCUT2D eigenvalue weighted by molar-refractivity contribution is 9.10. The summed E-state index contributed by atoms with van der Waals surface area (Å²) in [5, 5.41) is 5.13. The number of amides is 1. The summed E-state index contributed by atoms with van der Waals surface area (Å²) < 4.78 is 11.9. The van der Waals surface area contributed by atoms with Crippen LogP contribution >= 0.6 is 27.3 Å². The minimum atomic E-state index is -0.468. The smallest absolute Gasteiger partial charge is 0.341 e. The first-order valence-corrected chi connectivity index (χ1v) is 12.0. The van der Waals surface area contributed by atoms with Crippen LogP contribution in [0.4, 0.5) is 5.00 Å². The SMILES string of the molecule is CCCOc1ccccc1C=CC(=O)Nc1scc(-c2ccc(Br)cc2)c1C(=O)OCC. The molecule has 0 saturated heterocycles. The van der Waals surface area contributed by atoms with Crippen molar-refractivity contribution in [2.45, 2.75) is 20.3 Å². The monoisotopic (exact) mass is 513 g/mol. The first-order valence-electron chi connectivity index (χ1n) is 10.3. The lowest BCUT2D eigenvalue weighted by molar-refractivity contribution is -0.111. The molecule has 0 aliphatic carbocycles. The third-order valence-corrected chi connectivity index (χ3v) is 5.88. The van der Waals surface area contributed by atoms with E-state index in [1.807, 2.05) is 60.8 Å². The summed E-state index contributed by atoms with van der Waals surface area (Å²) >= 11 is 4.71. The van der Waals surface area contributed by atoms with Gasteiger partial charge in [0.2, 0.25) is 5.91 Å². The summed E-state index contributed by atoms with van der Waals surface area (Å²) in [6.07, 6.45) is 4.03. The van der Waals surface area contributed by atoms with Crippen LogP contribution < -0.4 is 10.1 Å². The number of carbonyl (C=O) groups excluding carboxylic acids is 2. The molecule has 1 heterocycles. The number of ether oxygens (including phenoxy) is 2. The van der Waals surface area contributed by atoms with Gasteiger partial charge in [0.15, 0.2) is 0 Å². The van der Waals surface area contributed by atoms with Gasteiger partial charge in [0.1, 0.15) is 16.3 Å². The van der Waals surface area contributed by atoms with Gasteiger partial charge < -0.3 is 14.8 Å². The van der Waals surface area contributed by atoms with Crippen LogP contribution in [0.25, 0.3) is 17.2 Å². The van der Waals surface area contributed by atoms with E-state index < -0.39 is 5.97 Å². The molecule has 1 aromatic heterocycles. The highest BCUT2D eigenvalue weighted by Gasteiger charge is 2.22. The van der Waals surface area contributed by atoms with Gasteiger partial charge in [0, 0.05) is 27.1 Å². The quantitative estimate of drug-likeness (QED) is 0.252. The summed E-state index contributed by atoms with van der Waals surface area (Å²) in [4.78, 5) is 25.3. The molecule has 0 fully saturated rings. The zero-order valence-electron chi connectivity index (χ0n) is 17.9. The topological polar surface area (TPSA) is 64.6 Å². The number of para-hydroxylation sites is 1. The molecule has 0 spiro atoms. The van der Waals surface area contributed by atoms with Crippen LogP contribution in [0, 0.1) is 0 Å². The van der Waals surface area contributed by atoms with E-state index in [1.165, 1.54) is 17.4 Å². The number of hydrogen-bond donors (Lipinski definition) is 1. The van der Waals surface area contributed by atoms with Crippen LogP contribution in [0.3, 0.4) is 0 Å². The zero-order chi connectivity index (χ0) is 22.9. The largest absolute Gasteiger partial charge is 0.493 e. The Kier molecular flexibility index (Phi) is 8.64. The van der Waals surface area contributed by atoms with Gasteiger partial charge in [0.25, 0.3) is 0 Å². The molecule has 0 aliphatic rings. The molecule has 5 nitrogen and oxygen atoms in total. The van der Waals surface area contributed by atoms with Crippen LogP contribution in [0.2, 0.25) is 0 Å². The van der Waals surface area contributed by atoms with Crippen molar-refractivity contribution in [3.05, 3.63) is 75.6 Å². The van der Waals surface area contributed by atoms with Crippen LogP contribution in [-0.2, 0) is 9.53 Å². The first-order chi connectivity index (χ1) is 15.5. The zero-order valence-corrected chi connectivity index (χ0v) is 20.3. The van der Waals surface area contributed by atoms with Gasteiger partial charge >= 0.3 is 5.97 Å². The van der Waals surface area contributed by atoms with E-state index in [-0.39, 0.29) is 12.5 Å². The predicted octanol–water partition coefficient (Wildman–Crippen LogP) is 6.80. The van der Waals surface area contributed by atoms with Crippen LogP contribution in [0.5, 0.6) is 5.75 Å². The molecule has 166 valence electrons. The van der Waals surface area contributed by atoms with Gasteiger partial charge in [-0.05, 0) is 43.2 Å².